The van der Waals surface area contributed by atoms with Crippen LogP contribution in [-0.4, -0.2) is 32.8 Å². The molecule has 0 spiro atoms. The predicted molar refractivity (Wildman–Crippen MR) is 61.3 cm³/mol. The lowest BCUT2D eigenvalue weighted by Crippen LogP contribution is -2.49. The summed E-state index contributed by atoms with van der Waals surface area (Å²) in [6, 6.07) is 2.46. The zero-order valence-electron chi connectivity index (χ0n) is 9.72. The van der Waals surface area contributed by atoms with Crippen LogP contribution in [0.4, 0.5) is 8.78 Å². The molecule has 1 heterocycles. The smallest absolute Gasteiger partial charge is 0.165 e. The Bertz CT molecular complexity index is 392. The van der Waals surface area contributed by atoms with Gasteiger partial charge in [-0.25, -0.2) is 8.78 Å². The van der Waals surface area contributed by atoms with Crippen molar-refractivity contribution in [3.8, 4) is 5.75 Å². The average molecular weight is 242 g/mol. The standard InChI is InChI=1S/C12H16F2N2O/c1-17-12-6-10(13)8(5-11(12)14)4-9-7-15-2-3-16-9/h5-6,9,15-16H,2-4,7H2,1H3. The number of benzene rings is 1. The third kappa shape index (κ3) is 2.92. The molecule has 0 aliphatic carbocycles. The number of halogens is 2. The molecule has 1 aliphatic rings. The largest absolute Gasteiger partial charge is 0.494 e. The Hall–Kier alpha value is -1.20. The SMILES string of the molecule is COc1cc(F)c(CC2CNCCN2)cc1F. The topological polar surface area (TPSA) is 33.3 Å². The van der Waals surface area contributed by atoms with E-state index < -0.39 is 11.6 Å². The molecule has 1 unspecified atom stereocenters. The molecule has 0 amide bonds. The summed E-state index contributed by atoms with van der Waals surface area (Å²) >= 11 is 0. The van der Waals surface area contributed by atoms with Gasteiger partial charge in [0, 0.05) is 31.7 Å². The number of ether oxygens (including phenoxy) is 1. The van der Waals surface area contributed by atoms with Gasteiger partial charge in [0.05, 0.1) is 7.11 Å². The van der Waals surface area contributed by atoms with Crippen molar-refractivity contribution in [1.29, 1.82) is 0 Å². The third-order valence-electron chi connectivity index (χ3n) is 2.91. The lowest BCUT2D eigenvalue weighted by Gasteiger charge is -2.24. The summed E-state index contributed by atoms with van der Waals surface area (Å²) in [5.41, 5.74) is 0.379. The fraction of sp³-hybridized carbons (Fsp3) is 0.500. The maximum Gasteiger partial charge on any atom is 0.165 e. The highest BCUT2D eigenvalue weighted by Crippen LogP contribution is 2.22. The molecule has 0 bridgehead atoms. The molecule has 1 saturated heterocycles. The van der Waals surface area contributed by atoms with Crippen LogP contribution in [0, 0.1) is 11.6 Å². The van der Waals surface area contributed by atoms with Gasteiger partial charge in [-0.3, -0.25) is 0 Å². The highest BCUT2D eigenvalue weighted by molar-refractivity contribution is 5.31. The number of rotatable bonds is 3. The van der Waals surface area contributed by atoms with E-state index in [0.29, 0.717) is 12.0 Å². The molecular formula is C12H16F2N2O. The van der Waals surface area contributed by atoms with E-state index in [1.807, 2.05) is 0 Å². The monoisotopic (exact) mass is 242 g/mol. The molecule has 1 atom stereocenters. The Morgan fingerprint density at radius 3 is 2.76 bits per heavy atom. The molecule has 0 aromatic heterocycles. The van der Waals surface area contributed by atoms with Crippen LogP contribution in [-0.2, 0) is 6.42 Å². The van der Waals surface area contributed by atoms with E-state index in [-0.39, 0.29) is 11.8 Å². The highest BCUT2D eigenvalue weighted by atomic mass is 19.1. The summed E-state index contributed by atoms with van der Waals surface area (Å²) in [5, 5.41) is 6.47. The summed E-state index contributed by atoms with van der Waals surface area (Å²) < 4.78 is 31.9. The molecule has 0 radical (unpaired) electrons. The first kappa shape index (κ1) is 12.3. The van der Waals surface area contributed by atoms with Crippen molar-refractivity contribution in [2.24, 2.45) is 0 Å². The second-order valence-corrected chi connectivity index (χ2v) is 4.14. The maximum absolute atomic E-state index is 13.7. The molecule has 1 aromatic rings. The Balaban J connectivity index is 2.12. The van der Waals surface area contributed by atoms with Crippen LogP contribution in [0.2, 0.25) is 0 Å². The van der Waals surface area contributed by atoms with Crippen LogP contribution in [0.5, 0.6) is 5.75 Å². The van der Waals surface area contributed by atoms with Crippen LogP contribution in [0.25, 0.3) is 0 Å². The first-order chi connectivity index (χ1) is 8.20. The highest BCUT2D eigenvalue weighted by Gasteiger charge is 2.17. The minimum absolute atomic E-state index is 0.0546. The number of nitrogens with one attached hydrogen (secondary N) is 2. The van der Waals surface area contributed by atoms with Crippen molar-refractivity contribution in [3.05, 3.63) is 29.3 Å². The Kier molecular flexibility index (Phi) is 3.91. The van der Waals surface area contributed by atoms with E-state index in [1.54, 1.807) is 0 Å². The van der Waals surface area contributed by atoms with Crippen LogP contribution >= 0.6 is 0 Å². The van der Waals surface area contributed by atoms with Gasteiger partial charge in [0.1, 0.15) is 5.82 Å². The van der Waals surface area contributed by atoms with Gasteiger partial charge in [-0.2, -0.15) is 0 Å². The summed E-state index contributed by atoms with van der Waals surface area (Å²) in [6.07, 6.45) is 0.472. The van der Waals surface area contributed by atoms with Crippen molar-refractivity contribution in [2.75, 3.05) is 26.7 Å². The minimum atomic E-state index is -0.521. The quantitative estimate of drug-likeness (QED) is 0.832. The molecule has 1 aromatic carbocycles. The van der Waals surface area contributed by atoms with Gasteiger partial charge in [-0.05, 0) is 18.1 Å². The first-order valence-electron chi connectivity index (χ1n) is 5.66. The zero-order chi connectivity index (χ0) is 12.3. The molecule has 1 aliphatic heterocycles. The van der Waals surface area contributed by atoms with E-state index in [2.05, 4.69) is 10.6 Å². The summed E-state index contributed by atoms with van der Waals surface area (Å²) in [4.78, 5) is 0. The van der Waals surface area contributed by atoms with Gasteiger partial charge in [0.15, 0.2) is 11.6 Å². The van der Waals surface area contributed by atoms with Gasteiger partial charge < -0.3 is 15.4 Å². The van der Waals surface area contributed by atoms with Crippen LogP contribution in [0.3, 0.4) is 0 Å². The van der Waals surface area contributed by atoms with Gasteiger partial charge >= 0.3 is 0 Å². The number of methoxy groups -OCH3 is 1. The normalized spacial score (nSPS) is 20.3. The lowest BCUT2D eigenvalue weighted by atomic mass is 10.0. The van der Waals surface area contributed by atoms with Gasteiger partial charge in [-0.15, -0.1) is 0 Å². The van der Waals surface area contributed by atoms with Crippen molar-refractivity contribution >= 4 is 0 Å². The van der Waals surface area contributed by atoms with Crippen LogP contribution < -0.4 is 15.4 Å². The molecule has 2 rings (SSSR count). The van der Waals surface area contributed by atoms with E-state index >= 15 is 0 Å². The van der Waals surface area contributed by atoms with E-state index in [0.717, 1.165) is 25.7 Å². The Morgan fingerprint density at radius 2 is 2.12 bits per heavy atom. The molecule has 17 heavy (non-hydrogen) atoms. The van der Waals surface area contributed by atoms with Crippen LogP contribution in [0.15, 0.2) is 12.1 Å². The van der Waals surface area contributed by atoms with E-state index in [4.69, 9.17) is 4.74 Å². The van der Waals surface area contributed by atoms with Crippen molar-refractivity contribution < 1.29 is 13.5 Å². The zero-order valence-corrected chi connectivity index (χ0v) is 9.72. The predicted octanol–water partition coefficient (Wildman–Crippen LogP) is 1.08. The van der Waals surface area contributed by atoms with Crippen molar-refractivity contribution in [3.63, 3.8) is 0 Å². The molecule has 3 nitrogen and oxygen atoms in total. The Labute approximate surface area is 99.2 Å². The lowest BCUT2D eigenvalue weighted by molar-refractivity contribution is 0.379. The molecular weight excluding hydrogens is 226 g/mol. The van der Waals surface area contributed by atoms with Gasteiger partial charge in [-0.1, -0.05) is 0 Å². The van der Waals surface area contributed by atoms with Crippen molar-refractivity contribution in [1.82, 2.24) is 10.6 Å². The van der Waals surface area contributed by atoms with Gasteiger partial charge in [0.2, 0.25) is 0 Å². The molecule has 94 valence electrons. The summed E-state index contributed by atoms with van der Waals surface area (Å²) in [7, 11) is 1.32. The second-order valence-electron chi connectivity index (χ2n) is 4.14. The number of hydrogen-bond acceptors (Lipinski definition) is 3. The van der Waals surface area contributed by atoms with Crippen LogP contribution in [0.1, 0.15) is 5.56 Å². The fourth-order valence-corrected chi connectivity index (χ4v) is 2.01. The molecule has 2 N–H and O–H groups in total. The molecule has 1 fully saturated rings. The molecule has 5 heteroatoms. The summed E-state index contributed by atoms with van der Waals surface area (Å²) in [6.45, 7) is 2.54. The fourth-order valence-electron chi connectivity index (χ4n) is 2.01. The maximum atomic E-state index is 13.7. The number of piperazine rings is 1. The van der Waals surface area contributed by atoms with E-state index in [1.165, 1.54) is 13.2 Å². The van der Waals surface area contributed by atoms with Crippen molar-refractivity contribution in [2.45, 2.75) is 12.5 Å². The third-order valence-corrected chi connectivity index (χ3v) is 2.91. The first-order valence-corrected chi connectivity index (χ1v) is 5.66. The minimum Gasteiger partial charge on any atom is -0.494 e. The second kappa shape index (κ2) is 5.42. The number of hydrogen-bond donors (Lipinski definition) is 2. The van der Waals surface area contributed by atoms with E-state index in [9.17, 15) is 8.78 Å². The summed E-state index contributed by atoms with van der Waals surface area (Å²) in [5.74, 6) is -0.996. The molecule has 0 saturated carbocycles. The Morgan fingerprint density at radius 1 is 1.29 bits per heavy atom. The average Bonchev–Trinajstić information content (AvgIpc) is 2.34. The van der Waals surface area contributed by atoms with Gasteiger partial charge in [0.25, 0.3) is 0 Å².